The number of carbonyl (C=O) groups excluding carboxylic acids is 1. The molecule has 2 N–H and O–H groups in total. The minimum Gasteiger partial charge on any atom is -0.488 e. The number of carbonyl (C=O) groups is 2. The van der Waals surface area contributed by atoms with Crippen molar-refractivity contribution in [2.75, 3.05) is 0 Å². The molecular formula is C23H18N2O5. The summed E-state index contributed by atoms with van der Waals surface area (Å²) in [7, 11) is 0. The van der Waals surface area contributed by atoms with Crippen molar-refractivity contribution in [1.29, 1.82) is 5.26 Å². The van der Waals surface area contributed by atoms with Crippen LogP contribution in [0, 0.1) is 11.3 Å². The first kappa shape index (κ1) is 20.4. The Morgan fingerprint density at radius 2 is 1.87 bits per heavy atom. The van der Waals surface area contributed by atoms with Gasteiger partial charge in [-0.1, -0.05) is 30.3 Å². The van der Waals surface area contributed by atoms with Gasteiger partial charge in [0.25, 0.3) is 5.91 Å². The number of nitriles is 1. The number of ether oxygens (including phenoxy) is 1. The summed E-state index contributed by atoms with van der Waals surface area (Å²) in [6, 6.07) is 18.7. The van der Waals surface area contributed by atoms with E-state index in [1.807, 2.05) is 6.07 Å². The van der Waals surface area contributed by atoms with Gasteiger partial charge in [-0.25, -0.2) is 4.79 Å². The molecule has 1 heterocycles. The lowest BCUT2D eigenvalue weighted by Gasteiger charge is -2.10. The monoisotopic (exact) mass is 402 g/mol. The van der Waals surface area contributed by atoms with Crippen molar-refractivity contribution in [1.82, 2.24) is 5.32 Å². The lowest BCUT2D eigenvalue weighted by atomic mass is 10.1. The zero-order chi connectivity index (χ0) is 21.3. The smallest absolute Gasteiger partial charge is 0.335 e. The molecule has 2 aromatic carbocycles. The summed E-state index contributed by atoms with van der Waals surface area (Å²) >= 11 is 0. The Kier molecular flexibility index (Phi) is 6.64. The van der Waals surface area contributed by atoms with Crippen LogP contribution < -0.4 is 10.1 Å². The fourth-order valence-corrected chi connectivity index (χ4v) is 2.62. The van der Waals surface area contributed by atoms with Crippen LogP contribution in [0.3, 0.4) is 0 Å². The van der Waals surface area contributed by atoms with Gasteiger partial charge in [0.2, 0.25) is 0 Å². The Hall–Kier alpha value is -4.31. The number of carboxylic acid groups (broad SMARTS) is 1. The van der Waals surface area contributed by atoms with Gasteiger partial charge in [-0.2, -0.15) is 5.26 Å². The number of hydrogen-bond donors (Lipinski definition) is 2. The van der Waals surface area contributed by atoms with Crippen LogP contribution in [0.4, 0.5) is 0 Å². The van der Waals surface area contributed by atoms with Crippen LogP contribution in [-0.2, 0) is 17.9 Å². The van der Waals surface area contributed by atoms with Gasteiger partial charge in [0.15, 0.2) is 0 Å². The molecule has 0 aliphatic carbocycles. The zero-order valence-electron chi connectivity index (χ0n) is 15.9. The number of para-hydroxylation sites is 1. The molecular weight excluding hydrogens is 384 g/mol. The highest BCUT2D eigenvalue weighted by molar-refractivity contribution is 6.01. The van der Waals surface area contributed by atoms with E-state index in [2.05, 4.69) is 5.32 Å². The number of amides is 1. The Morgan fingerprint density at radius 1 is 1.10 bits per heavy atom. The second-order valence-electron chi connectivity index (χ2n) is 6.26. The summed E-state index contributed by atoms with van der Waals surface area (Å²) in [6.07, 6.45) is 2.96. The molecule has 1 aromatic heterocycles. The first-order valence-electron chi connectivity index (χ1n) is 9.03. The molecule has 0 aliphatic heterocycles. The third-order valence-corrected chi connectivity index (χ3v) is 4.18. The number of hydrogen-bond acceptors (Lipinski definition) is 5. The number of nitrogens with one attached hydrogen (secondary N) is 1. The van der Waals surface area contributed by atoms with Crippen LogP contribution >= 0.6 is 0 Å². The van der Waals surface area contributed by atoms with Gasteiger partial charge in [0, 0.05) is 5.56 Å². The minimum absolute atomic E-state index is 0.0663. The molecule has 0 bridgehead atoms. The van der Waals surface area contributed by atoms with Crippen LogP contribution in [0.25, 0.3) is 6.08 Å². The normalized spacial score (nSPS) is 10.8. The predicted octanol–water partition coefficient (Wildman–Crippen LogP) is 3.78. The van der Waals surface area contributed by atoms with Crippen molar-refractivity contribution in [2.24, 2.45) is 0 Å². The van der Waals surface area contributed by atoms with Crippen molar-refractivity contribution in [3.63, 3.8) is 0 Å². The molecule has 0 fully saturated rings. The summed E-state index contributed by atoms with van der Waals surface area (Å²) in [5.41, 5.74) is 1.49. The van der Waals surface area contributed by atoms with E-state index >= 15 is 0 Å². The third-order valence-electron chi connectivity index (χ3n) is 4.18. The number of furan rings is 1. The van der Waals surface area contributed by atoms with Gasteiger partial charge in [0.05, 0.1) is 18.4 Å². The van der Waals surface area contributed by atoms with E-state index in [9.17, 15) is 14.9 Å². The van der Waals surface area contributed by atoms with Gasteiger partial charge in [-0.05, 0) is 42.0 Å². The fourth-order valence-electron chi connectivity index (χ4n) is 2.62. The summed E-state index contributed by atoms with van der Waals surface area (Å²) in [4.78, 5) is 23.3. The maximum atomic E-state index is 12.3. The van der Waals surface area contributed by atoms with Crippen molar-refractivity contribution in [3.8, 4) is 11.8 Å². The SMILES string of the molecule is N#C/C(=C/c1ccccc1OCc1ccc(C(=O)O)cc1)C(=O)NCc1ccco1. The van der Waals surface area contributed by atoms with Crippen molar-refractivity contribution < 1.29 is 23.8 Å². The fraction of sp³-hybridized carbons (Fsp3) is 0.0870. The van der Waals surface area contributed by atoms with Gasteiger partial charge >= 0.3 is 5.97 Å². The van der Waals surface area contributed by atoms with E-state index in [0.717, 1.165) is 5.56 Å². The molecule has 3 aromatic rings. The molecule has 3 rings (SSSR count). The van der Waals surface area contributed by atoms with E-state index in [1.54, 1.807) is 48.5 Å². The molecule has 7 heteroatoms. The van der Waals surface area contributed by atoms with E-state index < -0.39 is 11.9 Å². The van der Waals surface area contributed by atoms with Crippen molar-refractivity contribution >= 4 is 18.0 Å². The largest absolute Gasteiger partial charge is 0.488 e. The molecule has 150 valence electrons. The van der Waals surface area contributed by atoms with Crippen LogP contribution in [0.2, 0.25) is 0 Å². The summed E-state index contributed by atoms with van der Waals surface area (Å²) in [5.74, 6) is -0.440. The highest BCUT2D eigenvalue weighted by Crippen LogP contribution is 2.22. The molecule has 0 saturated heterocycles. The predicted molar refractivity (Wildman–Crippen MR) is 108 cm³/mol. The number of benzene rings is 2. The summed E-state index contributed by atoms with van der Waals surface area (Å²) in [6.45, 7) is 0.382. The maximum absolute atomic E-state index is 12.3. The molecule has 0 unspecified atom stereocenters. The number of carboxylic acids is 1. The first-order valence-corrected chi connectivity index (χ1v) is 9.03. The second kappa shape index (κ2) is 9.75. The summed E-state index contributed by atoms with van der Waals surface area (Å²) < 4.78 is 11.0. The molecule has 1 amide bonds. The van der Waals surface area contributed by atoms with Crippen molar-refractivity contribution in [3.05, 3.63) is 95.0 Å². The van der Waals surface area contributed by atoms with Gasteiger partial charge in [-0.3, -0.25) is 4.79 Å². The van der Waals surface area contributed by atoms with Gasteiger partial charge in [-0.15, -0.1) is 0 Å². The number of aromatic carboxylic acids is 1. The molecule has 0 radical (unpaired) electrons. The highest BCUT2D eigenvalue weighted by Gasteiger charge is 2.11. The van der Waals surface area contributed by atoms with Crippen LogP contribution in [-0.4, -0.2) is 17.0 Å². The van der Waals surface area contributed by atoms with E-state index in [0.29, 0.717) is 17.1 Å². The van der Waals surface area contributed by atoms with Crippen LogP contribution in [0.15, 0.2) is 76.9 Å². The Balaban J connectivity index is 1.70. The molecule has 0 spiro atoms. The first-order chi connectivity index (χ1) is 14.6. The second-order valence-corrected chi connectivity index (χ2v) is 6.26. The van der Waals surface area contributed by atoms with E-state index in [-0.39, 0.29) is 24.3 Å². The van der Waals surface area contributed by atoms with Crippen LogP contribution in [0.1, 0.15) is 27.2 Å². The lowest BCUT2D eigenvalue weighted by molar-refractivity contribution is -0.117. The molecule has 30 heavy (non-hydrogen) atoms. The Labute approximate surface area is 172 Å². The molecule has 7 nitrogen and oxygen atoms in total. The lowest BCUT2D eigenvalue weighted by Crippen LogP contribution is -2.23. The number of nitrogens with zero attached hydrogens (tertiary/aromatic N) is 1. The molecule has 0 aliphatic rings. The zero-order valence-corrected chi connectivity index (χ0v) is 15.9. The molecule has 0 atom stereocenters. The van der Waals surface area contributed by atoms with Gasteiger partial charge in [0.1, 0.15) is 29.8 Å². The highest BCUT2D eigenvalue weighted by atomic mass is 16.5. The Bertz CT molecular complexity index is 1090. The summed E-state index contributed by atoms with van der Waals surface area (Å²) in [5, 5.41) is 21.0. The third kappa shape index (κ3) is 5.36. The van der Waals surface area contributed by atoms with Crippen LogP contribution in [0.5, 0.6) is 5.75 Å². The van der Waals surface area contributed by atoms with E-state index in [1.165, 1.54) is 24.5 Å². The average molecular weight is 402 g/mol. The quantitative estimate of drug-likeness (QED) is 0.438. The topological polar surface area (TPSA) is 113 Å². The maximum Gasteiger partial charge on any atom is 0.335 e. The number of rotatable bonds is 8. The standard InChI is InChI=1S/C23H18N2O5/c24-13-19(22(26)25-14-20-5-3-11-29-20)12-18-4-1-2-6-21(18)30-15-16-7-9-17(10-8-16)23(27)28/h1-12H,14-15H2,(H,25,26)(H,27,28)/b19-12-. The molecule has 0 saturated carbocycles. The van der Waals surface area contributed by atoms with Crippen molar-refractivity contribution in [2.45, 2.75) is 13.2 Å². The average Bonchev–Trinajstić information content (AvgIpc) is 3.29. The van der Waals surface area contributed by atoms with Gasteiger partial charge < -0.3 is 19.6 Å². The Morgan fingerprint density at radius 3 is 2.53 bits per heavy atom. The minimum atomic E-state index is -0.993. The van der Waals surface area contributed by atoms with E-state index in [4.69, 9.17) is 14.3 Å².